The van der Waals surface area contributed by atoms with Gasteiger partial charge in [-0.25, -0.2) is 9.69 Å². The van der Waals surface area contributed by atoms with Gasteiger partial charge in [0, 0.05) is 19.0 Å². The summed E-state index contributed by atoms with van der Waals surface area (Å²) in [5, 5.41) is 3.26. The summed E-state index contributed by atoms with van der Waals surface area (Å²) in [5.74, 6) is -0.0798. The predicted octanol–water partition coefficient (Wildman–Crippen LogP) is 0.666. The Morgan fingerprint density at radius 3 is 2.48 bits per heavy atom. The van der Waals surface area contributed by atoms with E-state index in [9.17, 15) is 14.4 Å². The summed E-state index contributed by atoms with van der Waals surface area (Å²) < 4.78 is 0. The van der Waals surface area contributed by atoms with Crippen molar-refractivity contribution in [3.8, 4) is 0 Å². The van der Waals surface area contributed by atoms with Crippen molar-refractivity contribution in [1.29, 1.82) is 0 Å². The number of hydrogen-bond donors (Lipinski definition) is 1. The Morgan fingerprint density at radius 1 is 1.04 bits per heavy atom. The van der Waals surface area contributed by atoms with E-state index in [1.165, 1.54) is 4.90 Å². The quantitative estimate of drug-likeness (QED) is 0.802. The van der Waals surface area contributed by atoms with Crippen LogP contribution in [0.4, 0.5) is 10.5 Å². The highest BCUT2D eigenvalue weighted by Crippen LogP contribution is 2.28. The molecule has 3 heterocycles. The van der Waals surface area contributed by atoms with Crippen LogP contribution < -0.4 is 10.2 Å². The molecule has 0 spiro atoms. The first-order valence-corrected chi connectivity index (χ1v) is 8.86. The molecule has 0 saturated carbocycles. The lowest BCUT2D eigenvalue weighted by molar-refractivity contribution is -0.139. The molecule has 0 aromatic heterocycles. The second-order valence-electron chi connectivity index (χ2n) is 6.81. The van der Waals surface area contributed by atoms with Crippen LogP contribution in [0.3, 0.4) is 0 Å². The van der Waals surface area contributed by atoms with E-state index in [-0.39, 0.29) is 23.8 Å². The molecule has 1 aromatic rings. The van der Waals surface area contributed by atoms with Crippen molar-refractivity contribution in [2.75, 3.05) is 37.6 Å². The lowest BCUT2D eigenvalue weighted by Crippen LogP contribution is -2.56. The zero-order chi connectivity index (χ0) is 17.4. The number of hydrogen-bond acceptors (Lipinski definition) is 4. The van der Waals surface area contributed by atoms with Gasteiger partial charge >= 0.3 is 6.03 Å². The van der Waals surface area contributed by atoms with Crippen LogP contribution in [0.25, 0.3) is 0 Å². The smallest absolute Gasteiger partial charge is 0.332 e. The molecule has 1 atom stereocenters. The van der Waals surface area contributed by atoms with E-state index in [1.807, 2.05) is 6.07 Å². The molecule has 0 unspecified atom stereocenters. The lowest BCUT2D eigenvalue weighted by atomic mass is 9.96. The molecule has 4 amide bonds. The normalized spacial score (nSPS) is 24.6. The van der Waals surface area contributed by atoms with Crippen molar-refractivity contribution in [2.45, 2.75) is 18.9 Å². The molecule has 3 aliphatic heterocycles. The molecule has 0 aliphatic carbocycles. The van der Waals surface area contributed by atoms with Crippen molar-refractivity contribution in [2.24, 2.45) is 5.92 Å². The Kier molecular flexibility index (Phi) is 4.17. The zero-order valence-electron chi connectivity index (χ0n) is 14.1. The highest BCUT2D eigenvalue weighted by molar-refractivity contribution is 6.21. The number of nitrogens with one attached hydrogen (secondary N) is 1. The van der Waals surface area contributed by atoms with Gasteiger partial charge in [-0.15, -0.1) is 0 Å². The van der Waals surface area contributed by atoms with Crippen molar-refractivity contribution < 1.29 is 14.4 Å². The number of para-hydroxylation sites is 1. The lowest BCUT2D eigenvalue weighted by Gasteiger charge is -2.37. The third kappa shape index (κ3) is 2.78. The maximum atomic E-state index is 12.8. The Balaban J connectivity index is 1.50. The fourth-order valence-corrected chi connectivity index (χ4v) is 3.94. The number of fused-ring (bicyclic) bond motifs is 1. The van der Waals surface area contributed by atoms with Crippen molar-refractivity contribution >= 4 is 23.5 Å². The number of urea groups is 1. The van der Waals surface area contributed by atoms with Crippen LogP contribution >= 0.6 is 0 Å². The maximum Gasteiger partial charge on any atom is 0.332 e. The van der Waals surface area contributed by atoms with Crippen LogP contribution in [0.15, 0.2) is 30.3 Å². The first-order chi connectivity index (χ1) is 12.2. The molecule has 1 aromatic carbocycles. The standard InChI is InChI=1S/C18H22N4O3/c23-16(13-6-8-19-9-7-13)20-10-11-21-15(12-20)17(24)22(18(21)25)14-4-2-1-3-5-14/h1-5,13,15,19H,6-12H2/t15-/m1/s1. The number of nitrogens with zero attached hydrogens (tertiary/aromatic N) is 3. The van der Waals surface area contributed by atoms with E-state index in [4.69, 9.17) is 0 Å². The van der Waals surface area contributed by atoms with Gasteiger partial charge in [-0.3, -0.25) is 9.59 Å². The second kappa shape index (κ2) is 6.48. The third-order valence-corrected chi connectivity index (χ3v) is 5.34. The number of carbonyl (C=O) groups excluding carboxylic acids is 3. The van der Waals surface area contributed by atoms with E-state index in [1.54, 1.807) is 34.1 Å². The first kappa shape index (κ1) is 16.1. The van der Waals surface area contributed by atoms with Crippen LogP contribution in [-0.4, -0.2) is 66.4 Å². The number of piperidine rings is 1. The molecule has 3 saturated heterocycles. The van der Waals surface area contributed by atoms with Crippen LogP contribution in [0, 0.1) is 5.92 Å². The molecule has 25 heavy (non-hydrogen) atoms. The molecule has 1 N–H and O–H groups in total. The molecule has 7 nitrogen and oxygen atoms in total. The molecule has 4 rings (SSSR count). The minimum atomic E-state index is -0.563. The van der Waals surface area contributed by atoms with Gasteiger partial charge in [0.1, 0.15) is 6.04 Å². The summed E-state index contributed by atoms with van der Waals surface area (Å²) in [6.07, 6.45) is 1.68. The average Bonchev–Trinajstić information content (AvgIpc) is 2.92. The van der Waals surface area contributed by atoms with Gasteiger partial charge in [-0.2, -0.15) is 0 Å². The van der Waals surface area contributed by atoms with Gasteiger partial charge in [0.2, 0.25) is 5.91 Å². The molecule has 3 fully saturated rings. The summed E-state index contributed by atoms with van der Waals surface area (Å²) in [7, 11) is 0. The van der Waals surface area contributed by atoms with Gasteiger partial charge in [0.05, 0.1) is 12.2 Å². The van der Waals surface area contributed by atoms with Gasteiger partial charge in [-0.05, 0) is 38.1 Å². The minimum absolute atomic E-state index is 0.0326. The number of rotatable bonds is 2. The van der Waals surface area contributed by atoms with Gasteiger partial charge in [0.25, 0.3) is 5.91 Å². The monoisotopic (exact) mass is 342 g/mol. The van der Waals surface area contributed by atoms with Gasteiger partial charge in [-0.1, -0.05) is 18.2 Å². The number of anilines is 1. The highest BCUT2D eigenvalue weighted by atomic mass is 16.2. The Morgan fingerprint density at radius 2 is 1.76 bits per heavy atom. The number of piperazine rings is 1. The summed E-state index contributed by atoms with van der Waals surface area (Å²) >= 11 is 0. The summed E-state index contributed by atoms with van der Waals surface area (Å²) in [6.45, 7) is 2.94. The first-order valence-electron chi connectivity index (χ1n) is 8.86. The maximum absolute atomic E-state index is 12.8. The zero-order valence-corrected chi connectivity index (χ0v) is 14.1. The molecule has 0 radical (unpaired) electrons. The van der Waals surface area contributed by atoms with Crippen LogP contribution in [0.5, 0.6) is 0 Å². The molecule has 7 heteroatoms. The second-order valence-corrected chi connectivity index (χ2v) is 6.81. The summed E-state index contributed by atoms with van der Waals surface area (Å²) in [6, 6.07) is 8.13. The van der Waals surface area contributed by atoms with Crippen LogP contribution in [-0.2, 0) is 9.59 Å². The van der Waals surface area contributed by atoms with E-state index in [2.05, 4.69) is 5.32 Å². The predicted molar refractivity (Wildman–Crippen MR) is 92.0 cm³/mol. The van der Waals surface area contributed by atoms with Gasteiger partial charge in [0.15, 0.2) is 0 Å². The number of amides is 4. The highest BCUT2D eigenvalue weighted by Gasteiger charge is 2.49. The topological polar surface area (TPSA) is 73.0 Å². The largest absolute Gasteiger partial charge is 0.338 e. The molecule has 132 valence electrons. The Labute approximate surface area is 146 Å². The van der Waals surface area contributed by atoms with Gasteiger partial charge < -0.3 is 15.1 Å². The molecule has 3 aliphatic rings. The van der Waals surface area contributed by atoms with E-state index < -0.39 is 6.04 Å². The third-order valence-electron chi connectivity index (χ3n) is 5.34. The molecule has 0 bridgehead atoms. The number of imide groups is 1. The minimum Gasteiger partial charge on any atom is -0.338 e. The summed E-state index contributed by atoms with van der Waals surface area (Å²) in [4.78, 5) is 42.8. The van der Waals surface area contributed by atoms with Crippen molar-refractivity contribution in [3.05, 3.63) is 30.3 Å². The number of benzene rings is 1. The average molecular weight is 342 g/mol. The fraction of sp³-hybridized carbons (Fsp3) is 0.500. The van der Waals surface area contributed by atoms with Crippen molar-refractivity contribution in [1.82, 2.24) is 15.1 Å². The number of carbonyl (C=O) groups is 3. The molecular weight excluding hydrogens is 320 g/mol. The summed E-state index contributed by atoms with van der Waals surface area (Å²) in [5.41, 5.74) is 0.586. The van der Waals surface area contributed by atoms with E-state index in [0.717, 1.165) is 25.9 Å². The van der Waals surface area contributed by atoms with E-state index >= 15 is 0 Å². The van der Waals surface area contributed by atoms with Crippen LogP contribution in [0.1, 0.15) is 12.8 Å². The molecular formula is C18H22N4O3. The SMILES string of the molecule is O=C(C1CCNCC1)N1CCN2C(=O)N(c3ccccc3)C(=O)[C@H]2C1. The Bertz CT molecular complexity index is 687. The van der Waals surface area contributed by atoms with Crippen molar-refractivity contribution in [3.63, 3.8) is 0 Å². The fourth-order valence-electron chi connectivity index (χ4n) is 3.94. The van der Waals surface area contributed by atoms with E-state index in [0.29, 0.717) is 25.3 Å². The van der Waals surface area contributed by atoms with Crippen LogP contribution in [0.2, 0.25) is 0 Å². The Hall–Kier alpha value is -2.41.